The maximum atomic E-state index is 13.1. The minimum absolute atomic E-state index is 0. The fraction of sp³-hybridized carbons (Fsp3) is 0.316. The molecule has 0 saturated heterocycles. The SMILES string of the molecule is CCN(CC)CCNc1ccc([N+](=O)[O-])c2sc3cc(Cl)ccc3c(=O)c12.Cl. The van der Waals surface area contributed by atoms with Crippen LogP contribution in [0.2, 0.25) is 5.02 Å². The van der Waals surface area contributed by atoms with Gasteiger partial charge in [0.1, 0.15) is 4.70 Å². The zero-order chi connectivity index (χ0) is 19.6. The molecule has 2 aromatic carbocycles. The summed E-state index contributed by atoms with van der Waals surface area (Å²) in [4.78, 5) is 26.4. The molecule has 0 atom stereocenters. The molecule has 3 aromatic rings. The molecule has 0 aliphatic carbocycles. The first-order chi connectivity index (χ1) is 13.0. The van der Waals surface area contributed by atoms with Crippen molar-refractivity contribution in [1.29, 1.82) is 0 Å². The number of rotatable bonds is 7. The molecule has 0 aliphatic heterocycles. The average molecular weight is 442 g/mol. The Morgan fingerprint density at radius 3 is 2.57 bits per heavy atom. The molecule has 150 valence electrons. The van der Waals surface area contributed by atoms with Crippen LogP contribution in [0, 0.1) is 10.1 Å². The minimum Gasteiger partial charge on any atom is -0.383 e. The van der Waals surface area contributed by atoms with Crippen LogP contribution in [0.5, 0.6) is 0 Å². The summed E-state index contributed by atoms with van der Waals surface area (Å²) < 4.78 is 1.01. The summed E-state index contributed by atoms with van der Waals surface area (Å²) in [6.45, 7) is 7.56. The third kappa shape index (κ3) is 4.38. The Balaban J connectivity index is 0.00000280. The number of nitro benzene ring substituents is 1. The number of hydrogen-bond acceptors (Lipinski definition) is 6. The molecule has 0 fully saturated rings. The lowest BCUT2D eigenvalue weighted by atomic mass is 10.1. The van der Waals surface area contributed by atoms with E-state index in [-0.39, 0.29) is 23.5 Å². The number of halogens is 2. The molecule has 0 unspecified atom stereocenters. The van der Waals surface area contributed by atoms with Gasteiger partial charge in [-0.3, -0.25) is 14.9 Å². The molecule has 28 heavy (non-hydrogen) atoms. The summed E-state index contributed by atoms with van der Waals surface area (Å²) in [6, 6.07) is 8.09. The van der Waals surface area contributed by atoms with Crippen molar-refractivity contribution in [1.82, 2.24) is 4.90 Å². The number of benzene rings is 2. The monoisotopic (exact) mass is 441 g/mol. The second-order valence-electron chi connectivity index (χ2n) is 6.12. The smallest absolute Gasteiger partial charge is 0.287 e. The van der Waals surface area contributed by atoms with Gasteiger partial charge in [0.05, 0.1) is 10.3 Å². The van der Waals surface area contributed by atoms with E-state index in [4.69, 9.17) is 11.6 Å². The number of anilines is 1. The Labute approximate surface area is 177 Å². The lowest BCUT2D eigenvalue weighted by Crippen LogP contribution is -2.28. The number of nitro groups is 1. The van der Waals surface area contributed by atoms with Crippen molar-refractivity contribution >= 4 is 66.9 Å². The summed E-state index contributed by atoms with van der Waals surface area (Å²) in [5.74, 6) is 0. The number of nitrogens with one attached hydrogen (secondary N) is 1. The van der Waals surface area contributed by atoms with Crippen LogP contribution in [0.15, 0.2) is 35.1 Å². The van der Waals surface area contributed by atoms with Gasteiger partial charge in [-0.1, -0.05) is 25.4 Å². The molecule has 3 rings (SSSR count). The van der Waals surface area contributed by atoms with E-state index in [2.05, 4.69) is 24.1 Å². The first kappa shape index (κ1) is 22.4. The number of non-ortho nitro benzene ring substituents is 1. The maximum Gasteiger partial charge on any atom is 0.287 e. The minimum atomic E-state index is -0.450. The molecule has 0 saturated carbocycles. The molecular formula is C19H21Cl2N3O3S. The fourth-order valence-electron chi connectivity index (χ4n) is 3.09. The Morgan fingerprint density at radius 1 is 1.21 bits per heavy atom. The van der Waals surface area contributed by atoms with Crippen LogP contribution in [-0.2, 0) is 0 Å². The summed E-state index contributed by atoms with van der Waals surface area (Å²) in [5.41, 5.74) is 0.341. The highest BCUT2D eigenvalue weighted by molar-refractivity contribution is 7.25. The first-order valence-electron chi connectivity index (χ1n) is 8.76. The molecule has 6 nitrogen and oxygen atoms in total. The van der Waals surface area contributed by atoms with Crippen molar-refractivity contribution in [2.24, 2.45) is 0 Å². The van der Waals surface area contributed by atoms with E-state index in [0.29, 0.717) is 37.4 Å². The van der Waals surface area contributed by atoms with Crippen LogP contribution >= 0.6 is 35.3 Å². The van der Waals surface area contributed by atoms with Gasteiger partial charge in [0.25, 0.3) is 5.69 Å². The fourth-order valence-corrected chi connectivity index (χ4v) is 4.56. The average Bonchev–Trinajstić information content (AvgIpc) is 2.64. The molecular weight excluding hydrogens is 421 g/mol. The van der Waals surface area contributed by atoms with Crippen LogP contribution in [0.25, 0.3) is 20.2 Å². The van der Waals surface area contributed by atoms with Gasteiger partial charge in [-0.15, -0.1) is 23.7 Å². The van der Waals surface area contributed by atoms with E-state index in [1.54, 1.807) is 24.3 Å². The van der Waals surface area contributed by atoms with Crippen molar-refractivity contribution in [3.63, 3.8) is 0 Å². The topological polar surface area (TPSA) is 75.5 Å². The highest BCUT2D eigenvalue weighted by Crippen LogP contribution is 2.36. The quantitative estimate of drug-likeness (QED) is 0.311. The van der Waals surface area contributed by atoms with Crippen molar-refractivity contribution in [2.45, 2.75) is 13.8 Å². The normalized spacial score (nSPS) is 11.0. The van der Waals surface area contributed by atoms with Crippen LogP contribution in [0.3, 0.4) is 0 Å². The Hall–Kier alpha value is -1.93. The molecule has 1 N–H and O–H groups in total. The van der Waals surface area contributed by atoms with Gasteiger partial charge in [0.15, 0.2) is 5.43 Å². The Bertz CT molecular complexity index is 1070. The van der Waals surface area contributed by atoms with Gasteiger partial charge in [-0.05, 0) is 37.4 Å². The molecule has 1 heterocycles. The summed E-state index contributed by atoms with van der Waals surface area (Å²) in [6.07, 6.45) is 0. The standard InChI is InChI=1S/C19H20ClN3O3S.ClH/c1-3-22(4-2)10-9-21-14-7-8-15(23(25)26)19-17(14)18(24)13-6-5-12(20)11-16(13)27-19;/h5-8,11,21H,3-4,9-10H2,1-2H3;1H. The Kier molecular flexibility index (Phi) is 7.60. The van der Waals surface area contributed by atoms with Gasteiger partial charge in [0.2, 0.25) is 0 Å². The van der Waals surface area contributed by atoms with Crippen molar-refractivity contribution < 1.29 is 4.92 Å². The first-order valence-corrected chi connectivity index (χ1v) is 9.95. The zero-order valence-electron chi connectivity index (χ0n) is 15.5. The van der Waals surface area contributed by atoms with Crippen LogP contribution in [0.4, 0.5) is 11.4 Å². The van der Waals surface area contributed by atoms with Crippen molar-refractivity contribution in [3.05, 3.63) is 55.7 Å². The predicted octanol–water partition coefficient (Wildman–Crippen LogP) is 5.15. The number of likely N-dealkylation sites (N-methyl/N-ethyl adjacent to an activating group) is 1. The zero-order valence-corrected chi connectivity index (χ0v) is 17.9. The second-order valence-corrected chi connectivity index (χ2v) is 7.61. The van der Waals surface area contributed by atoms with E-state index >= 15 is 0 Å². The third-order valence-corrected chi connectivity index (χ3v) is 6.01. The van der Waals surface area contributed by atoms with Gasteiger partial charge < -0.3 is 10.2 Å². The van der Waals surface area contributed by atoms with Crippen molar-refractivity contribution in [3.8, 4) is 0 Å². The number of hydrogen-bond donors (Lipinski definition) is 1. The highest BCUT2D eigenvalue weighted by atomic mass is 35.5. The van der Waals surface area contributed by atoms with Gasteiger partial charge in [-0.25, -0.2) is 0 Å². The van der Waals surface area contributed by atoms with E-state index in [1.165, 1.54) is 17.4 Å². The summed E-state index contributed by atoms with van der Waals surface area (Å²) >= 11 is 7.26. The number of fused-ring (bicyclic) bond motifs is 2. The van der Waals surface area contributed by atoms with E-state index < -0.39 is 4.92 Å². The molecule has 0 radical (unpaired) electrons. The number of nitrogens with zero attached hydrogens (tertiary/aromatic N) is 2. The second kappa shape index (κ2) is 9.52. The van der Waals surface area contributed by atoms with E-state index in [1.807, 2.05) is 0 Å². The lowest BCUT2D eigenvalue weighted by molar-refractivity contribution is -0.382. The summed E-state index contributed by atoms with van der Waals surface area (Å²) in [5, 5.41) is 16.1. The molecule has 0 bridgehead atoms. The molecule has 0 aliphatic rings. The third-order valence-electron chi connectivity index (χ3n) is 4.60. The van der Waals surface area contributed by atoms with Gasteiger partial charge in [-0.2, -0.15) is 0 Å². The highest BCUT2D eigenvalue weighted by Gasteiger charge is 2.19. The maximum absolute atomic E-state index is 13.1. The van der Waals surface area contributed by atoms with Crippen LogP contribution in [-0.4, -0.2) is 36.0 Å². The van der Waals surface area contributed by atoms with E-state index in [9.17, 15) is 14.9 Å². The van der Waals surface area contributed by atoms with E-state index in [0.717, 1.165) is 19.6 Å². The lowest BCUT2D eigenvalue weighted by Gasteiger charge is -2.19. The molecule has 1 aromatic heterocycles. The largest absolute Gasteiger partial charge is 0.383 e. The molecule has 0 amide bonds. The predicted molar refractivity (Wildman–Crippen MR) is 121 cm³/mol. The summed E-state index contributed by atoms with van der Waals surface area (Å²) in [7, 11) is 0. The van der Waals surface area contributed by atoms with Crippen LogP contribution < -0.4 is 10.7 Å². The Morgan fingerprint density at radius 2 is 1.93 bits per heavy atom. The van der Waals surface area contributed by atoms with Crippen LogP contribution in [0.1, 0.15) is 13.8 Å². The molecule has 0 spiro atoms. The molecule has 9 heteroatoms. The van der Waals surface area contributed by atoms with Gasteiger partial charge >= 0.3 is 0 Å². The van der Waals surface area contributed by atoms with Gasteiger partial charge in [0, 0.05) is 40.0 Å². The van der Waals surface area contributed by atoms with Crippen molar-refractivity contribution in [2.75, 3.05) is 31.5 Å².